The number of hydrogen-bond donors (Lipinski definition) is 0. The van der Waals surface area contributed by atoms with Gasteiger partial charge in [0.05, 0.1) is 40.0 Å². The molecule has 62 heavy (non-hydrogen) atoms. The molecule has 9 rings (SSSR count). The zero-order chi connectivity index (χ0) is 45.3. The molecular formula is C52H52N2O8. The van der Waals surface area contributed by atoms with Gasteiger partial charge >= 0.3 is 0 Å². The van der Waals surface area contributed by atoms with Crippen LogP contribution in [0.25, 0.3) is 0 Å². The van der Waals surface area contributed by atoms with Crippen molar-refractivity contribution in [1.82, 2.24) is 0 Å². The molecule has 2 heterocycles. The average molecular weight is 833 g/mol. The van der Waals surface area contributed by atoms with Gasteiger partial charge in [0, 0.05) is 11.1 Å². The molecule has 0 saturated carbocycles. The first kappa shape index (κ1) is 47.2. The van der Waals surface area contributed by atoms with Gasteiger partial charge < -0.3 is 9.47 Å². The molecule has 4 amide bonds. The lowest BCUT2D eigenvalue weighted by Crippen LogP contribution is -2.31. The van der Waals surface area contributed by atoms with E-state index < -0.39 is 23.6 Å². The summed E-state index contributed by atoms with van der Waals surface area (Å²) in [6, 6.07) is 41.0. The third-order valence-corrected chi connectivity index (χ3v) is 8.87. The van der Waals surface area contributed by atoms with E-state index in [-0.39, 0.29) is 40.5 Å². The molecule has 0 atom stereocenters. The first-order chi connectivity index (χ1) is 30.2. The van der Waals surface area contributed by atoms with Crippen LogP contribution in [-0.2, 0) is 0 Å². The molecule has 10 heteroatoms. The molecule has 6 aromatic rings. The Balaban J connectivity index is 0.000000263. The van der Waals surface area contributed by atoms with Crippen LogP contribution < -0.4 is 19.3 Å². The minimum absolute atomic E-state index is 0.0237. The molecule has 10 nitrogen and oxygen atoms in total. The lowest BCUT2D eigenvalue weighted by molar-refractivity contribution is 0.0907. The number of rotatable bonds is 6. The van der Waals surface area contributed by atoms with Gasteiger partial charge in [0.15, 0.2) is 11.6 Å². The number of ketones is 2. The molecule has 2 aliphatic heterocycles. The normalized spacial score (nSPS) is 12.6. The zero-order valence-corrected chi connectivity index (χ0v) is 36.4. The highest BCUT2D eigenvalue weighted by Gasteiger charge is 2.39. The number of nitrogens with zero attached hydrogens (tertiary/aromatic N) is 2. The second-order valence-electron chi connectivity index (χ2n) is 12.9. The topological polar surface area (TPSA) is 127 Å². The Morgan fingerprint density at radius 2 is 0.726 bits per heavy atom. The third-order valence-electron chi connectivity index (χ3n) is 8.87. The Hall–Kier alpha value is -7.46. The standard InChI is InChI=1S/C28H16N2O5.C15H10O3.C3H8.3C2H6/c31-25-21-11-4-5-12-22(21)26(32)29(25)17-7-6-8-18(15-17)30-27(33)23-14-13-20(16-24(23)28(30)34)35-19-9-2-1-3-10-19;16-14-9-15(17)13-8-11(6-7-12(13)14)18-10-4-2-1-3-5-10;1-3-2;3*1-2/h1-16H;1-8H,9H2;3H2,1-2H3;3*1-2H3. The van der Waals surface area contributed by atoms with Gasteiger partial charge in [0.25, 0.3) is 23.6 Å². The second-order valence-corrected chi connectivity index (χ2v) is 12.9. The van der Waals surface area contributed by atoms with Crippen molar-refractivity contribution >= 4 is 46.6 Å². The molecule has 0 fully saturated rings. The molecule has 318 valence electrons. The fourth-order valence-corrected chi connectivity index (χ4v) is 6.36. The predicted octanol–water partition coefficient (Wildman–Crippen LogP) is 12.8. The molecule has 0 N–H and O–H groups in total. The van der Waals surface area contributed by atoms with Gasteiger partial charge in [-0.15, -0.1) is 0 Å². The van der Waals surface area contributed by atoms with Gasteiger partial charge in [0.2, 0.25) is 0 Å². The third kappa shape index (κ3) is 10.5. The molecule has 0 aromatic heterocycles. The Labute approximate surface area is 363 Å². The lowest BCUT2D eigenvalue weighted by Gasteiger charge is -2.18. The summed E-state index contributed by atoms with van der Waals surface area (Å²) in [5.74, 6) is 0.166. The number of ether oxygens (including phenoxy) is 2. The number of carbonyl (C=O) groups excluding carboxylic acids is 6. The van der Waals surface area contributed by atoms with E-state index in [2.05, 4.69) is 13.8 Å². The van der Waals surface area contributed by atoms with Crippen molar-refractivity contribution in [3.05, 3.63) is 179 Å². The molecule has 0 bridgehead atoms. The van der Waals surface area contributed by atoms with Crippen LogP contribution in [0.4, 0.5) is 11.4 Å². The van der Waals surface area contributed by atoms with Crippen LogP contribution in [0.1, 0.15) is 130 Å². The van der Waals surface area contributed by atoms with Crippen molar-refractivity contribution in [2.45, 2.75) is 68.2 Å². The Morgan fingerprint density at radius 1 is 0.371 bits per heavy atom. The highest BCUT2D eigenvalue weighted by molar-refractivity contribution is 6.36. The first-order valence-electron chi connectivity index (χ1n) is 21.0. The van der Waals surface area contributed by atoms with E-state index in [0.717, 1.165) is 9.80 Å². The molecule has 0 spiro atoms. The van der Waals surface area contributed by atoms with Crippen molar-refractivity contribution in [2.75, 3.05) is 9.80 Å². The molecule has 0 unspecified atom stereocenters. The van der Waals surface area contributed by atoms with Crippen LogP contribution in [0.3, 0.4) is 0 Å². The summed E-state index contributed by atoms with van der Waals surface area (Å²) in [6.07, 6.45) is 1.23. The number of amides is 4. The second kappa shape index (κ2) is 22.8. The molecule has 6 aromatic carbocycles. The van der Waals surface area contributed by atoms with Crippen molar-refractivity contribution in [1.29, 1.82) is 0 Å². The zero-order valence-electron chi connectivity index (χ0n) is 36.4. The van der Waals surface area contributed by atoms with E-state index in [0.29, 0.717) is 45.3 Å². The van der Waals surface area contributed by atoms with E-state index >= 15 is 0 Å². The number of anilines is 2. The largest absolute Gasteiger partial charge is 0.457 e. The highest BCUT2D eigenvalue weighted by Crippen LogP contribution is 2.36. The highest BCUT2D eigenvalue weighted by atomic mass is 16.5. The maximum absolute atomic E-state index is 13.3. The van der Waals surface area contributed by atoms with Crippen LogP contribution in [-0.4, -0.2) is 35.2 Å². The minimum Gasteiger partial charge on any atom is -0.457 e. The minimum atomic E-state index is -0.511. The van der Waals surface area contributed by atoms with Crippen molar-refractivity contribution in [3.8, 4) is 23.0 Å². The number of Topliss-reactive ketones (excluding diaryl/α,β-unsaturated/α-hetero) is 2. The van der Waals surface area contributed by atoms with Gasteiger partial charge in [-0.1, -0.05) is 116 Å². The van der Waals surface area contributed by atoms with Crippen LogP contribution >= 0.6 is 0 Å². The maximum atomic E-state index is 13.3. The summed E-state index contributed by atoms with van der Waals surface area (Å²) in [6.45, 7) is 16.2. The van der Waals surface area contributed by atoms with E-state index in [1.54, 1.807) is 84.9 Å². The Kier molecular flexibility index (Phi) is 17.4. The molecule has 0 radical (unpaired) electrons. The number of para-hydroxylation sites is 2. The lowest BCUT2D eigenvalue weighted by atomic mass is 10.1. The van der Waals surface area contributed by atoms with Gasteiger partial charge in [0.1, 0.15) is 23.0 Å². The summed E-state index contributed by atoms with van der Waals surface area (Å²) in [7, 11) is 0. The van der Waals surface area contributed by atoms with Crippen LogP contribution in [0, 0.1) is 0 Å². The first-order valence-corrected chi connectivity index (χ1v) is 21.0. The van der Waals surface area contributed by atoms with E-state index in [1.807, 2.05) is 90.1 Å². The van der Waals surface area contributed by atoms with Gasteiger partial charge in [-0.05, 0) is 91.0 Å². The van der Waals surface area contributed by atoms with Crippen molar-refractivity contribution < 1.29 is 38.2 Å². The maximum Gasteiger partial charge on any atom is 0.266 e. The number of carbonyl (C=O) groups is 6. The molecule has 0 saturated heterocycles. The quantitative estimate of drug-likeness (QED) is 0.120. The molecule has 3 aliphatic rings. The fourth-order valence-electron chi connectivity index (χ4n) is 6.36. The van der Waals surface area contributed by atoms with E-state index in [9.17, 15) is 28.8 Å². The van der Waals surface area contributed by atoms with Crippen molar-refractivity contribution in [2.24, 2.45) is 0 Å². The number of benzene rings is 6. The smallest absolute Gasteiger partial charge is 0.266 e. The molecular weight excluding hydrogens is 781 g/mol. The Bertz CT molecular complexity index is 2500. The van der Waals surface area contributed by atoms with Gasteiger partial charge in [-0.2, -0.15) is 0 Å². The summed E-state index contributed by atoms with van der Waals surface area (Å²) >= 11 is 0. The monoisotopic (exact) mass is 832 g/mol. The van der Waals surface area contributed by atoms with Crippen LogP contribution in [0.2, 0.25) is 0 Å². The predicted molar refractivity (Wildman–Crippen MR) is 244 cm³/mol. The fraction of sp³-hybridized carbons (Fsp3) is 0.192. The van der Waals surface area contributed by atoms with Crippen LogP contribution in [0.15, 0.2) is 146 Å². The summed E-state index contributed by atoms with van der Waals surface area (Å²) in [5.41, 5.74) is 2.60. The van der Waals surface area contributed by atoms with Crippen molar-refractivity contribution in [3.63, 3.8) is 0 Å². The number of imide groups is 2. The van der Waals surface area contributed by atoms with Crippen LogP contribution in [0.5, 0.6) is 23.0 Å². The average Bonchev–Trinajstić information content (AvgIpc) is 3.85. The van der Waals surface area contributed by atoms with Gasteiger partial charge in [-0.3, -0.25) is 28.8 Å². The summed E-state index contributed by atoms with van der Waals surface area (Å²) in [5, 5.41) is 0. The number of hydrogen-bond acceptors (Lipinski definition) is 8. The van der Waals surface area contributed by atoms with Gasteiger partial charge in [-0.25, -0.2) is 9.80 Å². The van der Waals surface area contributed by atoms with E-state index in [1.165, 1.54) is 18.6 Å². The summed E-state index contributed by atoms with van der Waals surface area (Å²) in [4.78, 5) is 77.3. The van der Waals surface area contributed by atoms with E-state index in [4.69, 9.17) is 9.47 Å². The molecule has 1 aliphatic carbocycles. The SMILES string of the molecule is CC.CC.CC.CCC.O=C1CC(=O)c2cc(Oc3ccccc3)ccc21.O=C1c2ccccc2C(=O)N1c1cccc(N2C(=O)c3ccc(Oc4ccccc4)cc3C2=O)c1. The Morgan fingerprint density at radius 3 is 1.18 bits per heavy atom. The summed E-state index contributed by atoms with van der Waals surface area (Å²) < 4.78 is 11.4. The number of fused-ring (bicyclic) bond motifs is 3.